The van der Waals surface area contributed by atoms with E-state index in [1.54, 1.807) is 0 Å². The van der Waals surface area contributed by atoms with Gasteiger partial charge in [0, 0.05) is 0 Å². The number of benzene rings is 3. The second-order valence-electron chi connectivity index (χ2n) is 4.53. The molecule has 0 radical (unpaired) electrons. The van der Waals surface area contributed by atoms with Crippen molar-refractivity contribution in [3.8, 4) is 0 Å². The Morgan fingerprint density at radius 1 is 0.364 bits per heavy atom. The van der Waals surface area contributed by atoms with Crippen LogP contribution in [0.5, 0.6) is 0 Å². The second kappa shape index (κ2) is 37.7. The van der Waals surface area contributed by atoms with E-state index in [1.165, 1.54) is 78.3 Å². The van der Waals surface area contributed by atoms with Gasteiger partial charge in [-0.3, -0.25) is 0 Å². The van der Waals surface area contributed by atoms with Gasteiger partial charge in [0.25, 0.3) is 0 Å². The van der Waals surface area contributed by atoms with Crippen LogP contribution in [0.1, 0.15) is 0 Å². The van der Waals surface area contributed by atoms with Crippen LogP contribution in [0.2, 0.25) is 15.1 Å². The first-order chi connectivity index (χ1) is 11.4. The van der Waals surface area contributed by atoms with E-state index in [2.05, 4.69) is 18.2 Å². The van der Waals surface area contributed by atoms with Gasteiger partial charge in [-0.25, -0.2) is 0 Å². The summed E-state index contributed by atoms with van der Waals surface area (Å²) in [5.41, 5.74) is 0. The summed E-state index contributed by atoms with van der Waals surface area (Å²) in [6, 6.07) is 23.6. The topological polar surface area (TPSA) is 0 Å². The van der Waals surface area contributed by atoms with Gasteiger partial charge in [0.05, 0.1) is 0 Å². The van der Waals surface area contributed by atoms with E-state index < -0.39 is 0 Å². The van der Waals surface area contributed by atoms with Crippen LogP contribution in [0.4, 0.5) is 0 Å². The fourth-order valence-electron chi connectivity index (χ4n) is 1.47. The summed E-state index contributed by atoms with van der Waals surface area (Å²) in [5.74, 6) is 0. The van der Waals surface area contributed by atoms with Crippen LogP contribution in [-0.2, 0) is 0 Å². The summed E-state index contributed by atoms with van der Waals surface area (Å²) >= 11 is 21.2. The van der Waals surface area contributed by atoms with Crippen LogP contribution in [0.15, 0.2) is 72.8 Å². The van der Waals surface area contributed by atoms with Gasteiger partial charge >= 0.3 is 201 Å². The van der Waals surface area contributed by atoms with E-state index >= 15 is 0 Å². The van der Waals surface area contributed by atoms with Crippen LogP contribution in [0.3, 0.4) is 0 Å². The van der Waals surface area contributed by atoms with E-state index in [1.807, 2.05) is 54.6 Å². The van der Waals surface area contributed by atoms with E-state index in [4.69, 9.17) is 34.8 Å². The third-order valence-corrected chi connectivity index (χ3v) is 5.84. The van der Waals surface area contributed by atoms with Gasteiger partial charge in [0.15, 0.2) is 0 Å². The molecule has 0 heterocycles. The first kappa shape index (κ1) is 60.8. The Kier molecular flexibility index (Phi) is 69.5. The predicted molar refractivity (Wildman–Crippen MR) is 111 cm³/mol. The average molecular weight is 1010 g/mol. The molecule has 0 aromatic heterocycles. The van der Waals surface area contributed by atoms with Crippen molar-refractivity contribution in [2.24, 2.45) is 0 Å². The minimum absolute atomic E-state index is 0. The number of halogens is 12. The molecule has 0 aliphatic heterocycles. The fourth-order valence-corrected chi connectivity index (χ4v) is 4.98. The normalized spacial score (nSPS) is 6.82. The van der Waals surface area contributed by atoms with Gasteiger partial charge in [-0.2, -0.15) is 0 Å². The van der Waals surface area contributed by atoms with E-state index in [-0.39, 0.29) is 112 Å². The van der Waals surface area contributed by atoms with Crippen LogP contribution in [0.25, 0.3) is 0 Å². The molecule has 0 N–H and O–H groups in total. The van der Waals surface area contributed by atoms with Crippen LogP contribution >= 0.6 is 34.8 Å². The molecule has 0 bridgehead atoms. The van der Waals surface area contributed by atoms with Crippen molar-refractivity contribution in [3.63, 3.8) is 0 Å². The third-order valence-electron chi connectivity index (χ3n) is 2.47. The van der Waals surface area contributed by atoms with Gasteiger partial charge in [0.1, 0.15) is 0 Å². The Morgan fingerprint density at radius 3 is 0.636 bits per heavy atom. The molecular formula is C18H12Cl12Sn3. The maximum absolute atomic E-state index is 5.66. The molecule has 3 rings (SSSR count). The number of hydrogen-bond acceptors (Lipinski definition) is 0. The van der Waals surface area contributed by atoms with E-state index in [0.717, 1.165) is 15.1 Å². The maximum atomic E-state index is 5.66. The molecule has 3 aromatic rings. The monoisotopic (exact) mass is 1010 g/mol. The standard InChI is InChI=1S/3C6H4Cl.9ClH.3Sn/c3*7-6-4-2-1-3-5-6;;;;;;;;;;;;/h3*1-2,4-5H;9*1H;;;/q;;;;;;;;;;;;3*+3/p-9. The first-order valence-corrected chi connectivity index (χ1v) is 12.2. The molecule has 0 amide bonds. The summed E-state index contributed by atoms with van der Waals surface area (Å²) in [6.07, 6.45) is 0. The Bertz CT molecular complexity index is 627. The summed E-state index contributed by atoms with van der Waals surface area (Å²) in [6.45, 7) is 0. The fraction of sp³-hybridized carbons (Fsp3) is 0. The van der Waals surface area contributed by atoms with Gasteiger partial charge in [-0.15, -0.1) is 0 Å². The molecule has 15 heteroatoms. The van der Waals surface area contributed by atoms with E-state index in [0.29, 0.717) is 0 Å². The molecular weight excluding hydrogens is 998 g/mol. The first-order valence-electron chi connectivity index (χ1n) is 6.78. The summed E-state index contributed by atoms with van der Waals surface area (Å²) in [7, 11) is 0. The molecule has 0 spiro atoms. The number of rotatable bonds is 0. The van der Waals surface area contributed by atoms with Crippen molar-refractivity contribution in [1.82, 2.24) is 0 Å². The van der Waals surface area contributed by atoms with Crippen molar-refractivity contribution in [2.45, 2.75) is 0 Å². The zero-order valence-electron chi connectivity index (χ0n) is 16.0. The summed E-state index contributed by atoms with van der Waals surface area (Å²) in [4.78, 5) is 0. The Balaban J connectivity index is -0.0000000329. The van der Waals surface area contributed by atoms with Crippen molar-refractivity contribution in [2.75, 3.05) is 0 Å². The molecule has 0 atom stereocenters. The molecule has 0 fully saturated rings. The maximum Gasteiger partial charge on any atom is -1.00 e. The van der Waals surface area contributed by atoms with Gasteiger partial charge in [-0.05, 0) is 0 Å². The molecule has 0 nitrogen and oxygen atoms in total. The zero-order valence-corrected chi connectivity index (χ0v) is 33.6. The van der Waals surface area contributed by atoms with Crippen LogP contribution in [-0.4, -0.2) is 67.6 Å². The van der Waals surface area contributed by atoms with Crippen molar-refractivity contribution < 1.29 is 112 Å². The van der Waals surface area contributed by atoms with Crippen LogP contribution in [0, 0.1) is 0 Å². The van der Waals surface area contributed by atoms with Crippen LogP contribution < -0.4 is 122 Å². The molecule has 0 saturated carbocycles. The molecule has 0 unspecified atom stereocenters. The second-order valence-corrected chi connectivity index (χ2v) is 10.8. The van der Waals surface area contributed by atoms with Gasteiger partial charge in [0.2, 0.25) is 0 Å². The molecule has 0 aliphatic rings. The summed E-state index contributed by atoms with van der Waals surface area (Å²) in [5, 5.41) is 2.50. The molecule has 0 saturated heterocycles. The smallest absolute Gasteiger partial charge is 1.00 e. The Morgan fingerprint density at radius 2 is 0.545 bits per heavy atom. The predicted octanol–water partition coefficient (Wildman–Crippen LogP) is -23.6. The Hall–Kier alpha value is 3.54. The largest absolute Gasteiger partial charge is 1.00 e. The Labute approximate surface area is 307 Å². The molecule has 3 aromatic carbocycles. The third kappa shape index (κ3) is 35.5. The molecule has 33 heavy (non-hydrogen) atoms. The van der Waals surface area contributed by atoms with E-state index in [9.17, 15) is 0 Å². The quantitative estimate of drug-likeness (QED) is 0.197. The average Bonchev–Trinajstić information content (AvgIpc) is 2.47. The summed E-state index contributed by atoms with van der Waals surface area (Å²) < 4.78 is 3.89. The van der Waals surface area contributed by atoms with Crippen molar-refractivity contribution in [1.29, 1.82) is 0 Å². The van der Waals surface area contributed by atoms with Crippen molar-refractivity contribution >= 4 is 113 Å². The zero-order chi connectivity index (χ0) is 17.9. The molecule has 180 valence electrons. The number of hydrogen-bond donors (Lipinski definition) is 0. The molecule has 0 aliphatic carbocycles. The minimum atomic E-state index is 0. The van der Waals surface area contributed by atoms with Crippen molar-refractivity contribution in [3.05, 3.63) is 87.9 Å². The minimum Gasteiger partial charge on any atom is -1.00 e. The van der Waals surface area contributed by atoms with Gasteiger partial charge < -0.3 is 112 Å². The SMILES string of the molecule is Clc1ccc[c]([Sn+3])c1.Clc1ccc[c]([Sn+3])c1.Clc1ccc[c]([Sn+3])c1.[Cl-].[Cl-].[Cl-].[Cl-].[Cl-].[Cl-].[Cl-].[Cl-].[Cl-]. The van der Waals surface area contributed by atoms with Gasteiger partial charge in [-0.1, -0.05) is 0 Å².